The zero-order valence-corrected chi connectivity index (χ0v) is 15.1. The van der Waals surface area contributed by atoms with Crippen molar-refractivity contribution in [1.29, 1.82) is 0 Å². The predicted octanol–water partition coefficient (Wildman–Crippen LogP) is 1.48. The molecular weight excluding hydrogens is 338 g/mol. The van der Waals surface area contributed by atoms with Gasteiger partial charge in [-0.1, -0.05) is 11.2 Å². The molecule has 2 aromatic rings. The first-order valence-corrected chi connectivity index (χ1v) is 8.22. The summed E-state index contributed by atoms with van der Waals surface area (Å²) in [4.78, 5) is 23.7. The molecule has 0 aliphatic rings. The lowest BCUT2D eigenvalue weighted by Crippen LogP contribution is -2.34. The third-order valence-corrected chi connectivity index (χ3v) is 3.68. The number of aryl methyl sites for hydroxylation is 2. The van der Waals surface area contributed by atoms with Crippen molar-refractivity contribution in [3.8, 4) is 11.5 Å². The highest BCUT2D eigenvalue weighted by Crippen LogP contribution is 2.27. The SMILES string of the molecule is COc1ccc(CCC(=O)NCCNC(=O)c2cc(C)on2)cc1OC. The summed E-state index contributed by atoms with van der Waals surface area (Å²) >= 11 is 0. The Morgan fingerprint density at radius 3 is 2.46 bits per heavy atom. The molecule has 8 heteroatoms. The van der Waals surface area contributed by atoms with Crippen LogP contribution in [-0.2, 0) is 11.2 Å². The average Bonchev–Trinajstić information content (AvgIpc) is 3.09. The summed E-state index contributed by atoms with van der Waals surface area (Å²) in [5.41, 5.74) is 1.20. The van der Waals surface area contributed by atoms with E-state index in [0.717, 1.165) is 5.56 Å². The van der Waals surface area contributed by atoms with Gasteiger partial charge < -0.3 is 24.6 Å². The van der Waals surface area contributed by atoms with E-state index in [1.165, 1.54) is 0 Å². The summed E-state index contributed by atoms with van der Waals surface area (Å²) in [5.74, 6) is 1.43. The molecule has 0 spiro atoms. The van der Waals surface area contributed by atoms with Crippen LogP contribution < -0.4 is 20.1 Å². The second-order valence-electron chi connectivity index (χ2n) is 5.62. The smallest absolute Gasteiger partial charge is 0.273 e. The number of methoxy groups -OCH3 is 2. The molecule has 2 rings (SSSR count). The fourth-order valence-electron chi connectivity index (χ4n) is 2.32. The second kappa shape index (κ2) is 9.45. The third-order valence-electron chi connectivity index (χ3n) is 3.68. The van der Waals surface area contributed by atoms with Crippen LogP contribution in [0, 0.1) is 6.92 Å². The van der Waals surface area contributed by atoms with E-state index < -0.39 is 0 Å². The Morgan fingerprint density at radius 1 is 1.08 bits per heavy atom. The molecular formula is C18H23N3O5. The molecule has 0 saturated carbocycles. The van der Waals surface area contributed by atoms with Crippen molar-refractivity contribution < 1.29 is 23.6 Å². The molecule has 2 amide bonds. The molecule has 0 bridgehead atoms. The summed E-state index contributed by atoms with van der Waals surface area (Å²) < 4.78 is 15.3. The van der Waals surface area contributed by atoms with Gasteiger partial charge in [0.05, 0.1) is 14.2 Å². The third kappa shape index (κ3) is 5.51. The highest BCUT2D eigenvalue weighted by molar-refractivity contribution is 5.92. The van der Waals surface area contributed by atoms with E-state index in [-0.39, 0.29) is 17.5 Å². The highest BCUT2D eigenvalue weighted by atomic mass is 16.5. The first kappa shape index (κ1) is 19.3. The van der Waals surface area contributed by atoms with Crippen LogP contribution >= 0.6 is 0 Å². The molecule has 0 atom stereocenters. The number of nitrogens with one attached hydrogen (secondary N) is 2. The predicted molar refractivity (Wildman–Crippen MR) is 94.4 cm³/mol. The van der Waals surface area contributed by atoms with Crippen LogP contribution in [0.2, 0.25) is 0 Å². The van der Waals surface area contributed by atoms with Crippen molar-refractivity contribution >= 4 is 11.8 Å². The van der Waals surface area contributed by atoms with Crippen molar-refractivity contribution in [2.75, 3.05) is 27.3 Å². The minimum Gasteiger partial charge on any atom is -0.493 e. The Balaban J connectivity index is 1.68. The van der Waals surface area contributed by atoms with Crippen LogP contribution in [0.15, 0.2) is 28.8 Å². The first-order valence-electron chi connectivity index (χ1n) is 8.22. The number of hydrogen-bond acceptors (Lipinski definition) is 6. The van der Waals surface area contributed by atoms with Crippen LogP contribution in [0.5, 0.6) is 11.5 Å². The lowest BCUT2D eigenvalue weighted by molar-refractivity contribution is -0.121. The van der Waals surface area contributed by atoms with Crippen LogP contribution in [0.4, 0.5) is 0 Å². The molecule has 8 nitrogen and oxygen atoms in total. The van der Waals surface area contributed by atoms with E-state index in [1.54, 1.807) is 27.2 Å². The monoisotopic (exact) mass is 361 g/mol. The minimum absolute atomic E-state index is 0.0914. The number of benzene rings is 1. The maximum absolute atomic E-state index is 11.9. The van der Waals surface area contributed by atoms with E-state index in [0.29, 0.717) is 43.2 Å². The van der Waals surface area contributed by atoms with Crippen molar-refractivity contribution in [2.24, 2.45) is 0 Å². The Kier molecular flexibility index (Phi) is 7.02. The van der Waals surface area contributed by atoms with Gasteiger partial charge in [0.15, 0.2) is 17.2 Å². The molecule has 0 radical (unpaired) electrons. The van der Waals surface area contributed by atoms with Gasteiger partial charge in [-0.15, -0.1) is 0 Å². The zero-order chi connectivity index (χ0) is 18.9. The van der Waals surface area contributed by atoms with E-state index in [4.69, 9.17) is 14.0 Å². The molecule has 1 aromatic heterocycles. The number of aromatic nitrogens is 1. The first-order chi connectivity index (χ1) is 12.5. The van der Waals surface area contributed by atoms with Gasteiger partial charge in [0, 0.05) is 25.6 Å². The van der Waals surface area contributed by atoms with Crippen LogP contribution in [-0.4, -0.2) is 44.3 Å². The van der Waals surface area contributed by atoms with Crippen molar-refractivity contribution in [3.63, 3.8) is 0 Å². The molecule has 0 aliphatic carbocycles. The molecule has 1 heterocycles. The summed E-state index contributed by atoms with van der Waals surface area (Å²) in [6.45, 7) is 2.36. The maximum Gasteiger partial charge on any atom is 0.273 e. The average molecular weight is 361 g/mol. The number of rotatable bonds is 9. The summed E-state index contributed by atoms with van der Waals surface area (Å²) in [5, 5.41) is 9.05. The van der Waals surface area contributed by atoms with E-state index >= 15 is 0 Å². The Bertz CT molecular complexity index is 757. The molecule has 2 N–H and O–H groups in total. The van der Waals surface area contributed by atoms with Crippen LogP contribution in [0.1, 0.15) is 28.2 Å². The molecule has 26 heavy (non-hydrogen) atoms. The van der Waals surface area contributed by atoms with Crippen molar-refractivity contribution in [2.45, 2.75) is 19.8 Å². The number of hydrogen-bond donors (Lipinski definition) is 2. The Morgan fingerprint density at radius 2 is 1.81 bits per heavy atom. The lowest BCUT2D eigenvalue weighted by Gasteiger charge is -2.10. The number of nitrogens with zero attached hydrogens (tertiary/aromatic N) is 1. The Hall–Kier alpha value is -3.03. The fourth-order valence-corrected chi connectivity index (χ4v) is 2.32. The Labute approximate surface area is 151 Å². The van der Waals surface area contributed by atoms with E-state index in [9.17, 15) is 9.59 Å². The molecule has 0 unspecified atom stereocenters. The fraction of sp³-hybridized carbons (Fsp3) is 0.389. The van der Waals surface area contributed by atoms with Gasteiger partial charge >= 0.3 is 0 Å². The molecule has 0 saturated heterocycles. The topological polar surface area (TPSA) is 103 Å². The number of amides is 2. The largest absolute Gasteiger partial charge is 0.493 e. The number of carbonyl (C=O) groups is 2. The molecule has 0 aliphatic heterocycles. The maximum atomic E-state index is 11.9. The molecule has 1 aromatic carbocycles. The highest BCUT2D eigenvalue weighted by Gasteiger charge is 2.10. The van der Waals surface area contributed by atoms with Gasteiger partial charge in [0.25, 0.3) is 5.91 Å². The quantitative estimate of drug-likeness (QED) is 0.656. The molecule has 140 valence electrons. The van der Waals surface area contributed by atoms with Gasteiger partial charge in [0.2, 0.25) is 5.91 Å². The normalized spacial score (nSPS) is 10.3. The van der Waals surface area contributed by atoms with Gasteiger partial charge in [-0.25, -0.2) is 0 Å². The van der Waals surface area contributed by atoms with Crippen molar-refractivity contribution in [1.82, 2.24) is 15.8 Å². The van der Waals surface area contributed by atoms with E-state index in [2.05, 4.69) is 15.8 Å². The van der Waals surface area contributed by atoms with Gasteiger partial charge in [-0.2, -0.15) is 0 Å². The van der Waals surface area contributed by atoms with Crippen LogP contribution in [0.25, 0.3) is 0 Å². The number of ether oxygens (including phenoxy) is 2. The number of carbonyl (C=O) groups excluding carboxylic acids is 2. The van der Waals surface area contributed by atoms with Crippen molar-refractivity contribution in [3.05, 3.63) is 41.3 Å². The standard InChI is InChI=1S/C18H23N3O5/c1-12-10-14(21-26-12)18(23)20-9-8-19-17(22)7-5-13-4-6-15(24-2)16(11-13)25-3/h4,6,10-11H,5,7-9H2,1-3H3,(H,19,22)(H,20,23). The van der Waals surface area contributed by atoms with Gasteiger partial charge in [0.1, 0.15) is 5.76 Å². The van der Waals surface area contributed by atoms with Gasteiger partial charge in [-0.3, -0.25) is 9.59 Å². The summed E-state index contributed by atoms with van der Waals surface area (Å²) in [6.07, 6.45) is 0.919. The zero-order valence-electron chi connectivity index (χ0n) is 15.1. The second-order valence-corrected chi connectivity index (χ2v) is 5.62. The lowest BCUT2D eigenvalue weighted by atomic mass is 10.1. The van der Waals surface area contributed by atoms with Gasteiger partial charge in [-0.05, 0) is 31.0 Å². The van der Waals surface area contributed by atoms with E-state index in [1.807, 2.05) is 18.2 Å². The van der Waals surface area contributed by atoms with Crippen LogP contribution in [0.3, 0.4) is 0 Å². The minimum atomic E-state index is -0.332. The summed E-state index contributed by atoms with van der Waals surface area (Å²) in [6, 6.07) is 7.12. The molecule has 0 fully saturated rings. The summed E-state index contributed by atoms with van der Waals surface area (Å²) in [7, 11) is 3.15.